The maximum absolute atomic E-state index is 14.7. The number of ether oxygens (including phenoxy) is 1. The van der Waals surface area contributed by atoms with E-state index in [4.69, 9.17) is 27.9 Å². The van der Waals surface area contributed by atoms with Crippen LogP contribution in [0.4, 0.5) is 35.1 Å². The molecule has 39 heavy (non-hydrogen) atoms. The molecule has 0 aliphatic rings. The van der Waals surface area contributed by atoms with Gasteiger partial charge in [0.2, 0.25) is 0 Å². The fourth-order valence-corrected chi connectivity index (χ4v) is 3.90. The molecule has 0 aliphatic carbocycles. The first-order valence-corrected chi connectivity index (χ1v) is 11.8. The van der Waals surface area contributed by atoms with Crippen LogP contribution in [0.25, 0.3) is 0 Å². The molecule has 0 aromatic heterocycles. The van der Waals surface area contributed by atoms with Gasteiger partial charge in [0.15, 0.2) is 0 Å². The lowest BCUT2D eigenvalue weighted by molar-refractivity contribution is -0.223. The van der Waals surface area contributed by atoms with E-state index >= 15 is 0 Å². The van der Waals surface area contributed by atoms with Crippen LogP contribution in [0.5, 0.6) is 11.5 Å². The van der Waals surface area contributed by atoms with Gasteiger partial charge in [-0.25, -0.2) is 0 Å². The van der Waals surface area contributed by atoms with Crippen molar-refractivity contribution in [2.75, 3.05) is 0 Å². The topological polar surface area (TPSA) is 9.23 Å². The molecule has 0 radical (unpaired) electrons. The monoisotopic (exact) mass is 590 g/mol. The molecular formula is C28H16Cl2F8O. The molecule has 0 fully saturated rings. The molecule has 11 heteroatoms. The van der Waals surface area contributed by atoms with Gasteiger partial charge in [-0.1, -0.05) is 47.5 Å². The summed E-state index contributed by atoms with van der Waals surface area (Å²) in [6.07, 6.45) is 0. The largest absolute Gasteiger partial charge is 0.457 e. The van der Waals surface area contributed by atoms with E-state index in [0.29, 0.717) is 0 Å². The highest BCUT2D eigenvalue weighted by Gasteiger charge is 2.59. The predicted molar refractivity (Wildman–Crippen MR) is 131 cm³/mol. The molecule has 0 heterocycles. The Balaban J connectivity index is 1.50. The highest BCUT2D eigenvalue weighted by molar-refractivity contribution is 6.30. The van der Waals surface area contributed by atoms with Gasteiger partial charge in [-0.05, 0) is 72.8 Å². The first-order chi connectivity index (χ1) is 18.2. The van der Waals surface area contributed by atoms with Crippen molar-refractivity contribution in [2.45, 2.75) is 23.7 Å². The van der Waals surface area contributed by atoms with Crippen LogP contribution in [0.15, 0.2) is 97.1 Å². The number of hydrogen-bond donors (Lipinski definition) is 0. The molecule has 0 saturated heterocycles. The van der Waals surface area contributed by atoms with E-state index in [1.807, 2.05) is 0 Å². The fourth-order valence-electron chi connectivity index (χ4n) is 3.64. The summed E-state index contributed by atoms with van der Waals surface area (Å²) >= 11 is 11.3. The van der Waals surface area contributed by atoms with Gasteiger partial charge < -0.3 is 4.74 Å². The second-order valence-electron chi connectivity index (χ2n) is 8.46. The Morgan fingerprint density at radius 2 is 0.564 bits per heavy atom. The molecule has 0 aliphatic heterocycles. The Bertz CT molecular complexity index is 1310. The van der Waals surface area contributed by atoms with E-state index in [9.17, 15) is 35.1 Å². The molecule has 0 N–H and O–H groups in total. The lowest BCUT2D eigenvalue weighted by Crippen LogP contribution is -2.35. The molecule has 4 aromatic carbocycles. The smallest absolute Gasteiger partial charge is 0.339 e. The molecule has 4 rings (SSSR count). The first kappa shape index (κ1) is 28.7. The van der Waals surface area contributed by atoms with E-state index in [1.165, 1.54) is 0 Å². The van der Waals surface area contributed by atoms with Crippen LogP contribution in [-0.2, 0) is 23.7 Å². The summed E-state index contributed by atoms with van der Waals surface area (Å²) in [4.78, 5) is 0. The van der Waals surface area contributed by atoms with E-state index in [0.717, 1.165) is 97.1 Å². The Labute approximate surface area is 227 Å². The van der Waals surface area contributed by atoms with Gasteiger partial charge in [0.25, 0.3) is 0 Å². The summed E-state index contributed by atoms with van der Waals surface area (Å²) in [6, 6.07) is 14.3. The fraction of sp³-hybridized carbons (Fsp3) is 0.143. The van der Waals surface area contributed by atoms with Crippen molar-refractivity contribution in [1.29, 1.82) is 0 Å². The Morgan fingerprint density at radius 1 is 0.359 bits per heavy atom. The van der Waals surface area contributed by atoms with Crippen LogP contribution in [0.1, 0.15) is 22.3 Å². The average Bonchev–Trinajstić information content (AvgIpc) is 2.89. The predicted octanol–water partition coefficient (Wildman–Crippen LogP) is 10.6. The van der Waals surface area contributed by atoms with Crippen molar-refractivity contribution in [2.24, 2.45) is 0 Å². The van der Waals surface area contributed by atoms with Crippen molar-refractivity contribution >= 4 is 23.2 Å². The Kier molecular flexibility index (Phi) is 7.62. The van der Waals surface area contributed by atoms with Gasteiger partial charge in [0.05, 0.1) is 0 Å². The highest BCUT2D eigenvalue weighted by atomic mass is 35.5. The number of alkyl halides is 8. The average molecular weight is 591 g/mol. The Morgan fingerprint density at radius 3 is 0.795 bits per heavy atom. The molecule has 204 valence electrons. The number of halogens is 10. The van der Waals surface area contributed by atoms with E-state index in [2.05, 4.69) is 0 Å². The SMILES string of the molecule is FC(F)(c1ccc(Cl)cc1)C(F)(F)c1ccc(Oc2ccc(C(F)(F)C(F)(F)c3ccc(Cl)cc3)cc2)cc1. The van der Waals surface area contributed by atoms with Gasteiger partial charge >= 0.3 is 23.7 Å². The number of rotatable bonds is 8. The summed E-state index contributed by atoms with van der Waals surface area (Å²) in [6.45, 7) is 0. The lowest BCUT2D eigenvalue weighted by atomic mass is 9.96. The van der Waals surface area contributed by atoms with Crippen LogP contribution in [0.2, 0.25) is 10.0 Å². The van der Waals surface area contributed by atoms with Crippen LogP contribution in [0.3, 0.4) is 0 Å². The van der Waals surface area contributed by atoms with Gasteiger partial charge in [-0.2, -0.15) is 35.1 Å². The van der Waals surface area contributed by atoms with Gasteiger partial charge in [-0.3, -0.25) is 0 Å². The van der Waals surface area contributed by atoms with Crippen LogP contribution < -0.4 is 4.74 Å². The lowest BCUT2D eigenvalue weighted by Gasteiger charge is -2.27. The third-order valence-electron chi connectivity index (χ3n) is 5.87. The third-order valence-corrected chi connectivity index (χ3v) is 6.38. The molecule has 1 nitrogen and oxygen atoms in total. The summed E-state index contributed by atoms with van der Waals surface area (Å²) < 4.78 is 123. The zero-order valence-electron chi connectivity index (χ0n) is 19.4. The van der Waals surface area contributed by atoms with Crippen LogP contribution >= 0.6 is 23.2 Å². The van der Waals surface area contributed by atoms with E-state index < -0.39 is 45.9 Å². The number of benzene rings is 4. The van der Waals surface area contributed by atoms with Crippen molar-refractivity contribution < 1.29 is 39.9 Å². The maximum atomic E-state index is 14.7. The van der Waals surface area contributed by atoms with E-state index in [1.54, 1.807) is 0 Å². The van der Waals surface area contributed by atoms with Crippen molar-refractivity contribution in [3.05, 3.63) is 129 Å². The minimum absolute atomic E-state index is 0.0876. The normalized spacial score (nSPS) is 12.9. The van der Waals surface area contributed by atoms with Gasteiger partial charge in [0, 0.05) is 32.3 Å². The maximum Gasteiger partial charge on any atom is 0.339 e. The Hall–Kier alpha value is -3.30. The minimum atomic E-state index is -4.60. The molecule has 0 unspecified atom stereocenters. The molecule has 0 spiro atoms. The molecule has 0 atom stereocenters. The van der Waals surface area contributed by atoms with Crippen molar-refractivity contribution in [3.8, 4) is 11.5 Å². The number of hydrogen-bond acceptors (Lipinski definition) is 1. The van der Waals surface area contributed by atoms with Crippen molar-refractivity contribution in [3.63, 3.8) is 0 Å². The summed E-state index contributed by atoms with van der Waals surface area (Å²) in [7, 11) is 0. The molecular weight excluding hydrogens is 575 g/mol. The zero-order chi connectivity index (χ0) is 28.6. The second-order valence-corrected chi connectivity index (χ2v) is 9.34. The first-order valence-electron chi connectivity index (χ1n) is 11.1. The van der Waals surface area contributed by atoms with E-state index in [-0.39, 0.29) is 21.5 Å². The third kappa shape index (κ3) is 5.43. The van der Waals surface area contributed by atoms with Gasteiger partial charge in [0.1, 0.15) is 11.5 Å². The van der Waals surface area contributed by atoms with Crippen LogP contribution in [-0.4, -0.2) is 0 Å². The standard InChI is InChI=1S/C28H16Cl2F8O/c29-21-9-1-17(2-10-21)25(31,32)27(35,36)19-5-13-23(14-6-19)39-24-15-7-20(8-16-24)28(37,38)26(33,34)18-3-11-22(30)12-4-18/h1-16H. The molecule has 4 aromatic rings. The second kappa shape index (κ2) is 10.4. The molecule has 0 bridgehead atoms. The summed E-state index contributed by atoms with van der Waals surface area (Å²) in [5.74, 6) is -18.5. The summed E-state index contributed by atoms with van der Waals surface area (Å²) in [5, 5.41) is 0.206. The summed E-state index contributed by atoms with van der Waals surface area (Å²) in [5.41, 5.74) is -3.88. The zero-order valence-corrected chi connectivity index (χ0v) is 20.9. The van der Waals surface area contributed by atoms with Gasteiger partial charge in [-0.15, -0.1) is 0 Å². The van der Waals surface area contributed by atoms with Crippen LogP contribution in [0, 0.1) is 0 Å². The molecule has 0 amide bonds. The molecule has 0 saturated carbocycles. The minimum Gasteiger partial charge on any atom is -0.457 e. The quantitative estimate of drug-likeness (QED) is 0.185. The van der Waals surface area contributed by atoms with Crippen molar-refractivity contribution in [1.82, 2.24) is 0 Å². The highest BCUT2D eigenvalue weighted by Crippen LogP contribution is 2.51.